The van der Waals surface area contributed by atoms with E-state index >= 15 is 0 Å². The molecule has 0 aromatic heterocycles. The molecule has 1 aliphatic heterocycles. The van der Waals surface area contributed by atoms with E-state index in [2.05, 4.69) is 10.6 Å². The average molecular weight is 486 g/mol. The zero-order valence-electron chi connectivity index (χ0n) is 20.5. The van der Waals surface area contributed by atoms with Crippen molar-refractivity contribution in [3.05, 3.63) is 83.9 Å². The predicted octanol–water partition coefficient (Wildman–Crippen LogP) is 3.55. The van der Waals surface area contributed by atoms with Gasteiger partial charge in [0, 0.05) is 11.3 Å². The smallest absolute Gasteiger partial charge is 0.316 e. The maximum Gasteiger partial charge on any atom is 0.316 e. The van der Waals surface area contributed by atoms with E-state index in [1.54, 1.807) is 24.8 Å². The summed E-state index contributed by atoms with van der Waals surface area (Å²) in [5, 5.41) is 5.50. The number of anilines is 2. The molecule has 186 valence electrons. The van der Waals surface area contributed by atoms with Crippen molar-refractivity contribution in [2.45, 2.75) is 44.8 Å². The summed E-state index contributed by atoms with van der Waals surface area (Å²) in [5.74, 6) is -0.531. The molecule has 0 saturated heterocycles. The second-order valence-electron chi connectivity index (χ2n) is 9.57. The van der Waals surface area contributed by atoms with Gasteiger partial charge in [-0.15, -0.1) is 0 Å². The number of primary amides is 1. The largest absolute Gasteiger partial charge is 0.351 e. The number of nitrogens with zero attached hydrogens (tertiary/aromatic N) is 1. The normalized spacial score (nSPS) is 15.6. The predicted molar refractivity (Wildman–Crippen MR) is 141 cm³/mol. The SMILES string of the molecule is CC(C)(N)C(=O)N[C@@H]1CCc2ccccc2N(Cc2ccc(-c3ccccc3NC(N)=O)cc2)C1=O. The van der Waals surface area contributed by atoms with Crippen LogP contribution in [0, 0.1) is 0 Å². The summed E-state index contributed by atoms with van der Waals surface area (Å²) in [7, 11) is 0. The number of hydrogen-bond acceptors (Lipinski definition) is 4. The van der Waals surface area contributed by atoms with E-state index in [1.807, 2.05) is 66.7 Å². The van der Waals surface area contributed by atoms with Crippen molar-refractivity contribution in [3.63, 3.8) is 0 Å². The van der Waals surface area contributed by atoms with Crippen LogP contribution < -0.4 is 27.0 Å². The maximum atomic E-state index is 13.6. The van der Waals surface area contributed by atoms with Gasteiger partial charge in [0.15, 0.2) is 0 Å². The van der Waals surface area contributed by atoms with E-state index in [4.69, 9.17) is 11.5 Å². The minimum absolute atomic E-state index is 0.169. The first-order valence-electron chi connectivity index (χ1n) is 11.9. The van der Waals surface area contributed by atoms with Crippen LogP contribution in [0.4, 0.5) is 16.2 Å². The Bertz CT molecular complexity index is 1280. The number of urea groups is 1. The standard InChI is InChI=1S/C28H31N5O3/c1-28(2,30)26(35)31-23-16-15-20-7-3-6-10-24(20)33(25(23)34)17-18-11-13-19(14-12-18)21-8-4-5-9-22(21)32-27(29)36/h3-14,23H,15-17,30H2,1-2H3,(H,31,35)(H3,29,32,36)/t23-/m1/s1. The Morgan fingerprint density at radius 1 is 1.00 bits per heavy atom. The van der Waals surface area contributed by atoms with Gasteiger partial charge in [-0.1, -0.05) is 60.7 Å². The maximum absolute atomic E-state index is 13.6. The zero-order valence-corrected chi connectivity index (χ0v) is 20.5. The summed E-state index contributed by atoms with van der Waals surface area (Å²) in [5.41, 5.74) is 15.4. The quantitative estimate of drug-likeness (QED) is 0.425. The van der Waals surface area contributed by atoms with Crippen LogP contribution in [0.3, 0.4) is 0 Å². The molecular weight excluding hydrogens is 454 g/mol. The van der Waals surface area contributed by atoms with Gasteiger partial charge in [0.05, 0.1) is 17.8 Å². The Morgan fingerprint density at radius 3 is 2.36 bits per heavy atom. The first-order chi connectivity index (χ1) is 17.1. The van der Waals surface area contributed by atoms with Crippen LogP contribution in [0.5, 0.6) is 0 Å². The van der Waals surface area contributed by atoms with Gasteiger partial charge in [-0.25, -0.2) is 4.79 Å². The van der Waals surface area contributed by atoms with Crippen LogP contribution in [0.1, 0.15) is 31.4 Å². The molecule has 1 aliphatic rings. The number of aryl methyl sites for hydroxylation is 1. The summed E-state index contributed by atoms with van der Waals surface area (Å²) in [6.45, 7) is 3.58. The highest BCUT2D eigenvalue weighted by Gasteiger charge is 2.34. The molecule has 0 fully saturated rings. The first-order valence-corrected chi connectivity index (χ1v) is 11.9. The molecule has 0 radical (unpaired) electrons. The van der Waals surface area contributed by atoms with Crippen molar-refractivity contribution in [2.75, 3.05) is 10.2 Å². The highest BCUT2D eigenvalue weighted by Crippen LogP contribution is 2.31. The minimum Gasteiger partial charge on any atom is -0.351 e. The summed E-state index contributed by atoms with van der Waals surface area (Å²) in [6.07, 6.45) is 1.16. The number of carbonyl (C=O) groups is 3. The number of fused-ring (bicyclic) bond motifs is 1. The highest BCUT2D eigenvalue weighted by atomic mass is 16.2. The molecule has 1 heterocycles. The minimum atomic E-state index is -1.08. The number of para-hydroxylation sites is 2. The number of amides is 4. The Hall–Kier alpha value is -4.17. The third-order valence-corrected chi connectivity index (χ3v) is 6.23. The lowest BCUT2D eigenvalue weighted by atomic mass is 10.0. The third-order valence-electron chi connectivity index (χ3n) is 6.23. The molecule has 3 aromatic rings. The van der Waals surface area contributed by atoms with Gasteiger partial charge in [-0.05, 0) is 55.5 Å². The molecular formula is C28H31N5O3. The fourth-order valence-corrected chi connectivity index (χ4v) is 4.31. The number of rotatable bonds is 6. The lowest BCUT2D eigenvalue weighted by Crippen LogP contribution is -2.56. The summed E-state index contributed by atoms with van der Waals surface area (Å²) in [6, 6.07) is 21.7. The molecule has 0 aliphatic carbocycles. The molecule has 8 heteroatoms. The van der Waals surface area contributed by atoms with E-state index in [0.29, 0.717) is 25.1 Å². The van der Waals surface area contributed by atoms with E-state index in [0.717, 1.165) is 27.9 Å². The van der Waals surface area contributed by atoms with E-state index in [-0.39, 0.29) is 11.8 Å². The number of hydrogen-bond donors (Lipinski definition) is 4. The number of benzene rings is 3. The van der Waals surface area contributed by atoms with Gasteiger partial charge >= 0.3 is 6.03 Å². The topological polar surface area (TPSA) is 131 Å². The molecule has 6 N–H and O–H groups in total. The van der Waals surface area contributed by atoms with Gasteiger partial charge < -0.3 is 27.0 Å². The van der Waals surface area contributed by atoms with Crippen molar-refractivity contribution in [2.24, 2.45) is 11.5 Å². The summed E-state index contributed by atoms with van der Waals surface area (Å²) in [4.78, 5) is 39.3. The Balaban J connectivity index is 1.61. The van der Waals surface area contributed by atoms with Gasteiger partial charge in [0.2, 0.25) is 11.8 Å². The second-order valence-corrected chi connectivity index (χ2v) is 9.57. The van der Waals surface area contributed by atoms with Crippen molar-refractivity contribution in [3.8, 4) is 11.1 Å². The molecule has 0 bridgehead atoms. The zero-order chi connectivity index (χ0) is 25.9. The molecule has 4 amide bonds. The van der Waals surface area contributed by atoms with Crippen LogP contribution in [0.2, 0.25) is 0 Å². The van der Waals surface area contributed by atoms with Crippen LogP contribution in [0.25, 0.3) is 11.1 Å². The van der Waals surface area contributed by atoms with Crippen molar-refractivity contribution < 1.29 is 14.4 Å². The van der Waals surface area contributed by atoms with Crippen molar-refractivity contribution >= 4 is 29.2 Å². The van der Waals surface area contributed by atoms with E-state index in [9.17, 15) is 14.4 Å². The molecule has 3 aromatic carbocycles. The van der Waals surface area contributed by atoms with Crippen LogP contribution >= 0.6 is 0 Å². The second kappa shape index (κ2) is 10.2. The highest BCUT2D eigenvalue weighted by molar-refractivity contribution is 6.01. The molecule has 0 saturated carbocycles. The number of nitrogens with one attached hydrogen (secondary N) is 2. The summed E-state index contributed by atoms with van der Waals surface area (Å²) < 4.78 is 0. The van der Waals surface area contributed by atoms with Crippen LogP contribution in [-0.4, -0.2) is 29.4 Å². The van der Waals surface area contributed by atoms with Gasteiger partial charge in [-0.2, -0.15) is 0 Å². The Morgan fingerprint density at radius 2 is 1.67 bits per heavy atom. The molecule has 8 nitrogen and oxygen atoms in total. The Labute approximate surface area is 210 Å². The lowest BCUT2D eigenvalue weighted by molar-refractivity contribution is -0.130. The molecule has 0 unspecified atom stereocenters. The van der Waals surface area contributed by atoms with Crippen molar-refractivity contribution in [1.82, 2.24) is 5.32 Å². The number of nitrogens with two attached hydrogens (primary N) is 2. The fraction of sp³-hybridized carbons (Fsp3) is 0.250. The van der Waals surface area contributed by atoms with E-state index < -0.39 is 17.6 Å². The molecule has 36 heavy (non-hydrogen) atoms. The summed E-state index contributed by atoms with van der Waals surface area (Å²) >= 11 is 0. The molecule has 0 spiro atoms. The molecule has 4 rings (SSSR count). The monoisotopic (exact) mass is 485 g/mol. The van der Waals surface area contributed by atoms with Gasteiger partial charge in [0.25, 0.3) is 0 Å². The first kappa shape index (κ1) is 24.9. The van der Waals surface area contributed by atoms with E-state index in [1.165, 1.54) is 0 Å². The lowest BCUT2D eigenvalue weighted by Gasteiger charge is -2.28. The molecule has 1 atom stereocenters. The van der Waals surface area contributed by atoms with Gasteiger partial charge in [0.1, 0.15) is 6.04 Å². The fourth-order valence-electron chi connectivity index (χ4n) is 4.31. The number of carbonyl (C=O) groups excluding carboxylic acids is 3. The van der Waals surface area contributed by atoms with Crippen LogP contribution in [0.15, 0.2) is 72.8 Å². The Kier molecular flexibility index (Phi) is 7.07. The van der Waals surface area contributed by atoms with Gasteiger partial charge in [-0.3, -0.25) is 9.59 Å². The van der Waals surface area contributed by atoms with Crippen molar-refractivity contribution in [1.29, 1.82) is 0 Å². The average Bonchev–Trinajstić information content (AvgIpc) is 2.96. The third kappa shape index (κ3) is 5.55. The van der Waals surface area contributed by atoms with Crippen LogP contribution in [-0.2, 0) is 22.6 Å².